The van der Waals surface area contributed by atoms with Crippen molar-refractivity contribution in [3.05, 3.63) is 0 Å². The highest BCUT2D eigenvalue weighted by atomic mass is 16.2. The molecule has 0 heterocycles. The summed E-state index contributed by atoms with van der Waals surface area (Å²) in [6.45, 7) is 0. The highest BCUT2D eigenvalue weighted by Crippen LogP contribution is 2.81. The molecule has 0 radical (unpaired) electrons. The van der Waals surface area contributed by atoms with E-state index < -0.39 is 6.03 Å². The first-order chi connectivity index (χ1) is 7.77. The Hall–Kier alpha value is -1.06. The molecule has 5 saturated carbocycles. The van der Waals surface area contributed by atoms with Crippen LogP contribution in [0.3, 0.4) is 0 Å². The molecule has 0 unspecified atom stereocenters. The van der Waals surface area contributed by atoms with Crippen LogP contribution in [0.2, 0.25) is 0 Å². The second-order valence-electron chi connectivity index (χ2n) is 6.35. The molecular weight excluding hydrogens is 202 g/mol. The second kappa shape index (κ2) is 2.15. The van der Waals surface area contributed by atoms with Gasteiger partial charge in [0.2, 0.25) is 0 Å². The Morgan fingerprint density at radius 3 is 2.69 bits per heavy atom. The van der Waals surface area contributed by atoms with E-state index in [-0.39, 0.29) is 0 Å². The van der Waals surface area contributed by atoms with Gasteiger partial charge in [-0.05, 0) is 48.3 Å². The summed E-state index contributed by atoms with van der Waals surface area (Å²) in [5.74, 6) is 7.16. The van der Waals surface area contributed by atoms with Gasteiger partial charge in [0.25, 0.3) is 0 Å². The van der Waals surface area contributed by atoms with Crippen molar-refractivity contribution in [2.45, 2.75) is 12.8 Å². The molecule has 2 amide bonds. The summed E-state index contributed by atoms with van der Waals surface area (Å²) in [4.78, 5) is 10.8. The molecule has 4 nitrogen and oxygen atoms in total. The highest BCUT2D eigenvalue weighted by Gasteiger charge is 2.79. The third-order valence-corrected chi connectivity index (χ3v) is 6.34. The van der Waals surface area contributed by atoms with Crippen LogP contribution >= 0.6 is 0 Å². The summed E-state index contributed by atoms with van der Waals surface area (Å²) < 4.78 is 0. The first kappa shape index (κ1) is 8.09. The summed E-state index contributed by atoms with van der Waals surface area (Å²) in [6, 6.07) is -0.522. The first-order valence-corrected chi connectivity index (χ1v) is 6.40. The zero-order chi connectivity index (χ0) is 10.6. The van der Waals surface area contributed by atoms with Crippen molar-refractivity contribution < 1.29 is 4.79 Å². The van der Waals surface area contributed by atoms with Crippen LogP contribution in [-0.4, -0.2) is 11.7 Å². The van der Waals surface area contributed by atoms with Gasteiger partial charge < -0.3 is 5.73 Å². The van der Waals surface area contributed by atoms with Crippen LogP contribution in [0.25, 0.3) is 0 Å². The van der Waals surface area contributed by atoms with E-state index in [1.807, 2.05) is 0 Å². The molecule has 0 aliphatic heterocycles. The summed E-state index contributed by atoms with van der Waals surface area (Å²) in [7, 11) is 0. The van der Waals surface area contributed by atoms with Crippen LogP contribution in [0.1, 0.15) is 12.8 Å². The Morgan fingerprint density at radius 1 is 1.12 bits per heavy atom. The van der Waals surface area contributed by atoms with Crippen molar-refractivity contribution in [1.82, 2.24) is 5.43 Å². The number of fused-ring (bicyclic) bond motifs is 2. The maximum atomic E-state index is 10.8. The smallest absolute Gasteiger partial charge is 0.332 e. The molecule has 0 aromatic carbocycles. The summed E-state index contributed by atoms with van der Waals surface area (Å²) in [5.41, 5.74) is 8.87. The normalized spacial score (nSPS) is 64.4. The van der Waals surface area contributed by atoms with E-state index in [9.17, 15) is 4.79 Å². The molecule has 3 N–H and O–H groups in total. The van der Waals surface area contributed by atoms with Crippen molar-refractivity contribution >= 4 is 11.7 Å². The van der Waals surface area contributed by atoms with Gasteiger partial charge >= 0.3 is 6.03 Å². The third-order valence-electron chi connectivity index (χ3n) is 6.34. The van der Waals surface area contributed by atoms with Crippen molar-refractivity contribution in [2.24, 2.45) is 58.2 Å². The molecule has 5 rings (SSSR count). The number of nitrogens with zero attached hydrogens (tertiary/aromatic N) is 1. The summed E-state index contributed by atoms with van der Waals surface area (Å²) >= 11 is 0. The SMILES string of the molecule is NC(=O)N/N=C1/[C@H]2[C@@H]3C[C@@H]4[C@H]1[C@@H]1[C@@H]2C[C@@H]3[C@H]41. The molecular formula is C12H15N3O. The lowest BCUT2D eigenvalue weighted by Crippen LogP contribution is -2.44. The van der Waals surface area contributed by atoms with Gasteiger partial charge in [-0.25, -0.2) is 10.2 Å². The van der Waals surface area contributed by atoms with E-state index in [4.69, 9.17) is 5.73 Å². The summed E-state index contributed by atoms with van der Waals surface area (Å²) in [6.07, 6.45) is 2.90. The van der Waals surface area contributed by atoms with Gasteiger partial charge in [-0.3, -0.25) is 0 Å². The quantitative estimate of drug-likeness (QED) is 0.626. The van der Waals surface area contributed by atoms with Gasteiger partial charge in [0.15, 0.2) is 0 Å². The Morgan fingerprint density at radius 2 is 1.88 bits per heavy atom. The Bertz CT molecular complexity index is 440. The number of hydrogen-bond acceptors (Lipinski definition) is 2. The number of carbonyl (C=O) groups excluding carboxylic acids is 1. The highest BCUT2D eigenvalue weighted by molar-refractivity contribution is 5.96. The number of rotatable bonds is 1. The minimum atomic E-state index is -0.522. The van der Waals surface area contributed by atoms with E-state index in [1.54, 1.807) is 0 Å². The van der Waals surface area contributed by atoms with Crippen molar-refractivity contribution in [2.75, 3.05) is 0 Å². The van der Waals surface area contributed by atoms with Gasteiger partial charge in [-0.2, -0.15) is 5.10 Å². The number of nitrogens with one attached hydrogen (secondary N) is 1. The monoisotopic (exact) mass is 217 g/mol. The summed E-state index contributed by atoms with van der Waals surface area (Å²) in [5, 5.41) is 4.33. The predicted molar refractivity (Wildman–Crippen MR) is 57.3 cm³/mol. The molecule has 0 aromatic heterocycles. The van der Waals surface area contributed by atoms with Crippen LogP contribution < -0.4 is 11.2 Å². The van der Waals surface area contributed by atoms with Crippen molar-refractivity contribution in [3.8, 4) is 0 Å². The standard InChI is InChI=1S/C12H15N3O/c13-12(16)15-14-11-8-4-2-5-7-3(4)1-6(8)9(7)10(5)11/h3-10H,1-2H2,(H3,13,15,16)/b14-11-/t3-,4+,5-,6+,7+,8-,9+,10-/m0/s1. The van der Waals surface area contributed by atoms with Crippen LogP contribution in [0.5, 0.6) is 0 Å². The fourth-order valence-electron chi connectivity index (χ4n) is 6.40. The number of hydrazone groups is 1. The fourth-order valence-corrected chi connectivity index (χ4v) is 6.40. The van der Waals surface area contributed by atoms with Crippen LogP contribution in [0.15, 0.2) is 5.10 Å². The Labute approximate surface area is 93.6 Å². The molecule has 5 aliphatic carbocycles. The van der Waals surface area contributed by atoms with Crippen molar-refractivity contribution in [1.29, 1.82) is 0 Å². The fraction of sp³-hybridized carbons (Fsp3) is 0.833. The van der Waals surface area contributed by atoms with E-state index in [0.29, 0.717) is 5.92 Å². The zero-order valence-corrected chi connectivity index (χ0v) is 8.97. The maximum Gasteiger partial charge on any atom is 0.332 e. The molecule has 8 atom stereocenters. The Kier molecular flexibility index (Phi) is 1.09. The van der Waals surface area contributed by atoms with Gasteiger partial charge in [-0.1, -0.05) is 0 Å². The third kappa shape index (κ3) is 0.590. The topological polar surface area (TPSA) is 67.5 Å². The number of amides is 2. The number of urea groups is 1. The number of carbonyl (C=O) groups is 1. The number of primary amides is 1. The first-order valence-electron chi connectivity index (χ1n) is 6.40. The lowest BCUT2D eigenvalue weighted by molar-refractivity contribution is 0.0503. The zero-order valence-electron chi connectivity index (χ0n) is 8.97. The molecule has 84 valence electrons. The molecule has 5 aliphatic rings. The van der Waals surface area contributed by atoms with E-state index in [1.165, 1.54) is 18.6 Å². The maximum absolute atomic E-state index is 10.8. The van der Waals surface area contributed by atoms with E-state index >= 15 is 0 Å². The predicted octanol–water partition coefficient (Wildman–Crippen LogP) is 0.788. The van der Waals surface area contributed by atoms with Gasteiger partial charge in [0.1, 0.15) is 0 Å². The van der Waals surface area contributed by atoms with E-state index in [0.717, 1.165) is 41.4 Å². The van der Waals surface area contributed by atoms with Crippen molar-refractivity contribution in [3.63, 3.8) is 0 Å². The average molecular weight is 217 g/mol. The minimum absolute atomic E-state index is 0.522. The lowest BCUT2D eigenvalue weighted by Gasteiger charge is -2.44. The van der Waals surface area contributed by atoms with Crippen LogP contribution in [0.4, 0.5) is 4.79 Å². The van der Waals surface area contributed by atoms with Gasteiger partial charge in [-0.15, -0.1) is 0 Å². The molecule has 16 heavy (non-hydrogen) atoms. The number of nitrogens with two attached hydrogens (primary N) is 1. The molecule has 0 spiro atoms. The number of hydrogen-bond donors (Lipinski definition) is 2. The lowest BCUT2D eigenvalue weighted by atomic mass is 9.59. The minimum Gasteiger partial charge on any atom is -0.350 e. The van der Waals surface area contributed by atoms with Crippen LogP contribution in [-0.2, 0) is 0 Å². The van der Waals surface area contributed by atoms with Gasteiger partial charge in [0, 0.05) is 17.5 Å². The van der Waals surface area contributed by atoms with Crippen LogP contribution in [0, 0.1) is 47.3 Å². The molecule has 0 saturated heterocycles. The molecule has 2 bridgehead atoms. The Balaban J connectivity index is 1.60. The second-order valence-corrected chi connectivity index (χ2v) is 6.35. The molecule has 5 fully saturated rings. The van der Waals surface area contributed by atoms with E-state index in [2.05, 4.69) is 10.5 Å². The molecule has 4 heteroatoms. The average Bonchev–Trinajstić information content (AvgIpc) is 2.72. The molecule has 0 aromatic rings. The van der Waals surface area contributed by atoms with Gasteiger partial charge in [0.05, 0.1) is 0 Å². The largest absolute Gasteiger partial charge is 0.350 e.